The molecule has 3 nitrogen and oxygen atoms in total. The second kappa shape index (κ2) is 6.66. The van der Waals surface area contributed by atoms with Gasteiger partial charge in [0.1, 0.15) is 5.75 Å². The molecule has 0 saturated heterocycles. The Kier molecular flexibility index (Phi) is 4.89. The Morgan fingerprint density at radius 3 is 2.67 bits per heavy atom. The minimum Gasteiger partial charge on any atom is -0.497 e. The van der Waals surface area contributed by atoms with Crippen LogP contribution in [-0.4, -0.2) is 18.6 Å². The van der Waals surface area contributed by atoms with Gasteiger partial charge in [0.25, 0.3) is 0 Å². The maximum atomic E-state index is 5.64. The molecule has 0 aliphatic heterocycles. The fourth-order valence-corrected chi connectivity index (χ4v) is 2.53. The molecule has 3 rings (SSSR count). The summed E-state index contributed by atoms with van der Waals surface area (Å²) >= 11 is 0. The molecule has 0 aliphatic carbocycles. The number of hydrogen-bond donors (Lipinski definition) is 2. The number of aromatic amines is 1. The molecule has 3 N–H and O–H groups in total. The van der Waals surface area contributed by atoms with Crippen molar-refractivity contribution >= 4 is 23.3 Å². The highest BCUT2D eigenvalue weighted by Crippen LogP contribution is 2.28. The van der Waals surface area contributed by atoms with Crippen molar-refractivity contribution in [2.45, 2.75) is 6.42 Å². The predicted octanol–water partition coefficient (Wildman–Crippen LogP) is 3.77. The summed E-state index contributed by atoms with van der Waals surface area (Å²) in [5.74, 6) is 0.873. The summed E-state index contributed by atoms with van der Waals surface area (Å²) < 4.78 is 5.28. The zero-order valence-corrected chi connectivity index (χ0v) is 12.7. The molecule has 3 aromatic rings. The van der Waals surface area contributed by atoms with Crippen LogP contribution in [-0.2, 0) is 6.42 Å². The fourth-order valence-electron chi connectivity index (χ4n) is 2.53. The van der Waals surface area contributed by atoms with Crippen LogP contribution >= 0.6 is 12.4 Å². The number of methoxy groups -OCH3 is 1. The number of nitrogens with two attached hydrogens (primary N) is 1. The SMILES string of the molecule is COc1cccc(-c2ccc3c(CCN)c[nH]c3c2)c1.Cl. The molecule has 0 spiro atoms. The average molecular weight is 303 g/mol. The zero-order valence-electron chi connectivity index (χ0n) is 11.9. The minimum absolute atomic E-state index is 0. The molecule has 0 saturated carbocycles. The third kappa shape index (κ3) is 3.04. The predicted molar refractivity (Wildman–Crippen MR) is 90.3 cm³/mol. The van der Waals surface area contributed by atoms with E-state index < -0.39 is 0 Å². The first-order valence-corrected chi connectivity index (χ1v) is 6.76. The van der Waals surface area contributed by atoms with Crippen LogP contribution in [0, 0.1) is 0 Å². The van der Waals surface area contributed by atoms with Gasteiger partial charge in [0.05, 0.1) is 7.11 Å². The Bertz CT molecular complexity index is 736. The highest BCUT2D eigenvalue weighted by atomic mass is 35.5. The van der Waals surface area contributed by atoms with Gasteiger partial charge in [0.15, 0.2) is 0 Å². The second-order valence-corrected chi connectivity index (χ2v) is 4.84. The Balaban J connectivity index is 0.00000161. The Morgan fingerprint density at radius 1 is 1.10 bits per heavy atom. The highest BCUT2D eigenvalue weighted by Gasteiger charge is 2.05. The van der Waals surface area contributed by atoms with Crippen molar-refractivity contribution in [3.8, 4) is 16.9 Å². The molecular formula is C17H19ClN2O. The molecule has 0 unspecified atom stereocenters. The van der Waals surface area contributed by atoms with Crippen LogP contribution in [0.5, 0.6) is 5.75 Å². The van der Waals surface area contributed by atoms with Crippen LogP contribution in [0.1, 0.15) is 5.56 Å². The van der Waals surface area contributed by atoms with Gasteiger partial charge in [0, 0.05) is 17.1 Å². The van der Waals surface area contributed by atoms with Gasteiger partial charge in [-0.25, -0.2) is 0 Å². The van der Waals surface area contributed by atoms with E-state index in [0.29, 0.717) is 6.54 Å². The molecule has 2 aromatic carbocycles. The van der Waals surface area contributed by atoms with Gasteiger partial charge in [-0.1, -0.05) is 24.3 Å². The van der Waals surface area contributed by atoms with E-state index in [0.717, 1.165) is 23.3 Å². The first kappa shape index (κ1) is 15.4. The molecule has 0 atom stereocenters. The van der Waals surface area contributed by atoms with Crippen molar-refractivity contribution in [1.82, 2.24) is 4.98 Å². The number of ether oxygens (including phenoxy) is 1. The zero-order chi connectivity index (χ0) is 13.9. The Labute approximate surface area is 130 Å². The molecule has 0 bridgehead atoms. The summed E-state index contributed by atoms with van der Waals surface area (Å²) in [4.78, 5) is 3.32. The average Bonchev–Trinajstić information content (AvgIpc) is 2.90. The molecule has 21 heavy (non-hydrogen) atoms. The van der Waals surface area contributed by atoms with Crippen LogP contribution in [0.4, 0.5) is 0 Å². The van der Waals surface area contributed by atoms with E-state index in [1.807, 2.05) is 24.4 Å². The van der Waals surface area contributed by atoms with Crippen LogP contribution in [0.2, 0.25) is 0 Å². The van der Waals surface area contributed by atoms with Crippen molar-refractivity contribution in [3.05, 3.63) is 54.2 Å². The molecule has 1 heterocycles. The molecule has 1 aromatic heterocycles. The van der Waals surface area contributed by atoms with Gasteiger partial charge in [-0.15, -0.1) is 12.4 Å². The van der Waals surface area contributed by atoms with E-state index in [1.165, 1.54) is 16.5 Å². The summed E-state index contributed by atoms with van der Waals surface area (Å²) in [7, 11) is 1.69. The molecule has 110 valence electrons. The molecule has 0 amide bonds. The van der Waals surface area contributed by atoms with Crippen LogP contribution in [0.15, 0.2) is 48.7 Å². The molecule has 0 fully saturated rings. The minimum atomic E-state index is 0. The first-order valence-electron chi connectivity index (χ1n) is 6.76. The third-order valence-electron chi connectivity index (χ3n) is 3.58. The highest BCUT2D eigenvalue weighted by molar-refractivity contribution is 5.87. The summed E-state index contributed by atoms with van der Waals surface area (Å²) in [6, 6.07) is 14.6. The van der Waals surface area contributed by atoms with E-state index in [-0.39, 0.29) is 12.4 Å². The summed E-state index contributed by atoms with van der Waals surface area (Å²) in [5, 5.41) is 1.25. The first-order chi connectivity index (χ1) is 9.81. The van der Waals surface area contributed by atoms with Crippen LogP contribution < -0.4 is 10.5 Å². The lowest BCUT2D eigenvalue weighted by atomic mass is 10.0. The Morgan fingerprint density at radius 2 is 1.90 bits per heavy atom. The van der Waals surface area contributed by atoms with Crippen molar-refractivity contribution in [2.24, 2.45) is 5.73 Å². The third-order valence-corrected chi connectivity index (χ3v) is 3.58. The van der Waals surface area contributed by atoms with Gasteiger partial charge in [-0.2, -0.15) is 0 Å². The van der Waals surface area contributed by atoms with Crippen molar-refractivity contribution in [3.63, 3.8) is 0 Å². The normalized spacial score (nSPS) is 10.4. The molecular weight excluding hydrogens is 284 g/mol. The quantitative estimate of drug-likeness (QED) is 0.771. The van der Waals surface area contributed by atoms with E-state index in [1.54, 1.807) is 7.11 Å². The van der Waals surface area contributed by atoms with E-state index in [4.69, 9.17) is 10.5 Å². The standard InChI is InChI=1S/C17H18N2O.ClH/c1-20-15-4-2-3-12(9-15)13-5-6-16-14(7-8-18)11-19-17(16)10-13;/h2-6,9-11,19H,7-8,18H2,1H3;1H. The molecule has 0 aliphatic rings. The van der Waals surface area contributed by atoms with Gasteiger partial charge in [-0.3, -0.25) is 0 Å². The molecule has 0 radical (unpaired) electrons. The number of aromatic nitrogens is 1. The van der Waals surface area contributed by atoms with Crippen molar-refractivity contribution in [1.29, 1.82) is 0 Å². The number of rotatable bonds is 4. The number of fused-ring (bicyclic) bond motifs is 1. The smallest absolute Gasteiger partial charge is 0.119 e. The number of H-pyrrole nitrogens is 1. The van der Waals surface area contributed by atoms with E-state index in [2.05, 4.69) is 29.2 Å². The maximum absolute atomic E-state index is 5.64. The van der Waals surface area contributed by atoms with Crippen LogP contribution in [0.25, 0.3) is 22.0 Å². The number of halogens is 1. The van der Waals surface area contributed by atoms with E-state index >= 15 is 0 Å². The van der Waals surface area contributed by atoms with Gasteiger partial charge in [0.2, 0.25) is 0 Å². The van der Waals surface area contributed by atoms with Crippen molar-refractivity contribution in [2.75, 3.05) is 13.7 Å². The van der Waals surface area contributed by atoms with Crippen molar-refractivity contribution < 1.29 is 4.74 Å². The number of hydrogen-bond acceptors (Lipinski definition) is 2. The second-order valence-electron chi connectivity index (χ2n) is 4.84. The molecule has 4 heteroatoms. The monoisotopic (exact) mass is 302 g/mol. The van der Waals surface area contributed by atoms with Gasteiger partial charge < -0.3 is 15.5 Å². The summed E-state index contributed by atoms with van der Waals surface area (Å²) in [5.41, 5.74) is 10.4. The largest absolute Gasteiger partial charge is 0.497 e. The number of nitrogens with one attached hydrogen (secondary N) is 1. The lowest BCUT2D eigenvalue weighted by Gasteiger charge is -2.05. The number of benzene rings is 2. The summed E-state index contributed by atoms with van der Waals surface area (Å²) in [6.45, 7) is 0.671. The summed E-state index contributed by atoms with van der Waals surface area (Å²) in [6.07, 6.45) is 2.95. The van der Waals surface area contributed by atoms with Gasteiger partial charge in [-0.05, 0) is 47.9 Å². The fraction of sp³-hybridized carbons (Fsp3) is 0.176. The lowest BCUT2D eigenvalue weighted by Crippen LogP contribution is -2.01. The topological polar surface area (TPSA) is 51.0 Å². The van der Waals surface area contributed by atoms with Gasteiger partial charge >= 0.3 is 0 Å². The maximum Gasteiger partial charge on any atom is 0.119 e. The van der Waals surface area contributed by atoms with E-state index in [9.17, 15) is 0 Å². The lowest BCUT2D eigenvalue weighted by molar-refractivity contribution is 0.415. The Hall–Kier alpha value is -1.97. The van der Waals surface area contributed by atoms with Crippen LogP contribution in [0.3, 0.4) is 0 Å².